The van der Waals surface area contributed by atoms with Crippen molar-refractivity contribution in [2.75, 3.05) is 6.61 Å². The minimum atomic E-state index is 0.774. The van der Waals surface area contributed by atoms with Crippen LogP contribution in [-0.2, 0) is 0 Å². The predicted molar refractivity (Wildman–Crippen MR) is 77.0 cm³/mol. The van der Waals surface area contributed by atoms with Crippen molar-refractivity contribution < 1.29 is 4.74 Å². The Labute approximate surface area is 112 Å². The van der Waals surface area contributed by atoms with E-state index in [0.29, 0.717) is 0 Å². The molecule has 0 saturated heterocycles. The highest BCUT2D eigenvalue weighted by molar-refractivity contribution is 5.18. The maximum atomic E-state index is 5.68. The molecular weight excluding hydrogens is 222 g/mol. The molecule has 18 heavy (non-hydrogen) atoms. The molecule has 0 N–H and O–H groups in total. The normalized spacial score (nSPS) is 15.7. The van der Waals surface area contributed by atoms with Crippen LogP contribution in [0.3, 0.4) is 0 Å². The van der Waals surface area contributed by atoms with Gasteiger partial charge in [-0.05, 0) is 30.9 Å². The zero-order valence-corrected chi connectivity index (χ0v) is 12.1. The molecule has 0 amide bonds. The molecule has 1 fully saturated rings. The summed E-state index contributed by atoms with van der Waals surface area (Å²) in [7, 11) is 0. The van der Waals surface area contributed by atoms with E-state index in [1.807, 2.05) is 32.2 Å². The molecule has 0 spiro atoms. The Morgan fingerprint density at radius 1 is 1.22 bits per heavy atom. The van der Waals surface area contributed by atoms with Crippen molar-refractivity contribution in [3.8, 4) is 5.88 Å². The molecule has 1 aliphatic rings. The average Bonchev–Trinajstić information content (AvgIpc) is 2.42. The van der Waals surface area contributed by atoms with E-state index in [2.05, 4.69) is 11.9 Å². The summed E-state index contributed by atoms with van der Waals surface area (Å²) in [6.45, 7) is 6.89. The Bertz CT molecular complexity index is 319. The molecule has 0 bridgehead atoms. The summed E-state index contributed by atoms with van der Waals surface area (Å²) in [5, 5.41) is 0. The van der Waals surface area contributed by atoms with Crippen molar-refractivity contribution >= 4 is 0 Å². The van der Waals surface area contributed by atoms with Crippen molar-refractivity contribution in [1.29, 1.82) is 0 Å². The van der Waals surface area contributed by atoms with Gasteiger partial charge in [-0.3, -0.25) is 0 Å². The zero-order chi connectivity index (χ0) is 13.2. The highest BCUT2D eigenvalue weighted by Crippen LogP contribution is 2.26. The van der Waals surface area contributed by atoms with Gasteiger partial charge in [0.15, 0.2) is 0 Å². The van der Waals surface area contributed by atoms with E-state index in [9.17, 15) is 0 Å². The van der Waals surface area contributed by atoms with Gasteiger partial charge in [-0.15, -0.1) is 0 Å². The van der Waals surface area contributed by atoms with Crippen molar-refractivity contribution in [2.45, 2.75) is 59.3 Å². The average molecular weight is 249 g/mol. The quantitative estimate of drug-likeness (QED) is 0.767. The Balaban J connectivity index is 0.000000771. The summed E-state index contributed by atoms with van der Waals surface area (Å²) >= 11 is 0. The van der Waals surface area contributed by atoms with Crippen molar-refractivity contribution in [3.63, 3.8) is 0 Å². The number of hydrogen-bond donors (Lipinski definition) is 0. The second-order valence-electron chi connectivity index (χ2n) is 4.81. The molecule has 0 atom stereocenters. The van der Waals surface area contributed by atoms with E-state index in [1.165, 1.54) is 44.1 Å². The summed E-state index contributed by atoms with van der Waals surface area (Å²) in [6, 6.07) is 3.99. The van der Waals surface area contributed by atoms with Gasteiger partial charge in [0.2, 0.25) is 5.88 Å². The van der Waals surface area contributed by atoms with E-state index >= 15 is 0 Å². The topological polar surface area (TPSA) is 22.1 Å². The summed E-state index contributed by atoms with van der Waals surface area (Å²) in [5.41, 5.74) is 1.21. The fourth-order valence-corrected chi connectivity index (χ4v) is 2.39. The Hall–Kier alpha value is -1.05. The lowest BCUT2D eigenvalue weighted by Crippen LogP contribution is -2.11. The third kappa shape index (κ3) is 5.52. The Kier molecular flexibility index (Phi) is 7.47. The van der Waals surface area contributed by atoms with Crippen LogP contribution in [0, 0.1) is 12.8 Å². The molecule has 0 aliphatic heterocycles. The molecule has 2 rings (SSSR count). The molecule has 1 aromatic rings. The van der Waals surface area contributed by atoms with E-state index in [4.69, 9.17) is 4.74 Å². The highest BCUT2D eigenvalue weighted by atomic mass is 16.5. The smallest absolute Gasteiger partial charge is 0.213 e. The number of rotatable bonds is 4. The molecule has 0 unspecified atom stereocenters. The molecule has 0 radical (unpaired) electrons. The molecule has 0 aromatic carbocycles. The van der Waals surface area contributed by atoms with Crippen LogP contribution in [0.5, 0.6) is 5.88 Å². The maximum Gasteiger partial charge on any atom is 0.213 e. The number of aromatic nitrogens is 1. The lowest BCUT2D eigenvalue weighted by molar-refractivity contribution is 0.240. The minimum absolute atomic E-state index is 0.774. The fraction of sp³-hybridized carbons (Fsp3) is 0.688. The molecule has 2 heteroatoms. The minimum Gasteiger partial charge on any atom is -0.478 e. The lowest BCUT2D eigenvalue weighted by Gasteiger charge is -2.21. The molecule has 1 saturated carbocycles. The number of hydrogen-bond acceptors (Lipinski definition) is 2. The van der Waals surface area contributed by atoms with Crippen LogP contribution in [0.25, 0.3) is 0 Å². The molecule has 1 aliphatic carbocycles. The highest BCUT2D eigenvalue weighted by Gasteiger charge is 2.13. The fourth-order valence-electron chi connectivity index (χ4n) is 2.39. The van der Waals surface area contributed by atoms with Gasteiger partial charge in [-0.25, -0.2) is 4.98 Å². The third-order valence-electron chi connectivity index (χ3n) is 3.39. The molecule has 1 aromatic heterocycles. The van der Waals surface area contributed by atoms with Crippen LogP contribution in [0.1, 0.15) is 57.9 Å². The van der Waals surface area contributed by atoms with Gasteiger partial charge in [-0.1, -0.05) is 46.0 Å². The van der Waals surface area contributed by atoms with Crippen LogP contribution >= 0.6 is 0 Å². The molecule has 1 heterocycles. The largest absolute Gasteiger partial charge is 0.478 e. The van der Waals surface area contributed by atoms with Gasteiger partial charge < -0.3 is 4.74 Å². The van der Waals surface area contributed by atoms with Crippen LogP contribution in [0.15, 0.2) is 18.3 Å². The van der Waals surface area contributed by atoms with E-state index in [0.717, 1.165) is 18.4 Å². The van der Waals surface area contributed by atoms with Crippen LogP contribution in [0.2, 0.25) is 0 Å². The first-order chi connectivity index (χ1) is 8.84. The summed E-state index contributed by atoms with van der Waals surface area (Å²) in [4.78, 5) is 4.20. The first kappa shape index (κ1) is 15.0. The standard InChI is InChI=1S/C14H21NO.C2H6/c1-12-7-9-15-14(11-12)16-10-8-13-5-3-2-4-6-13;1-2/h7,9,11,13H,2-6,8,10H2,1H3;1-2H3. The molecule has 2 nitrogen and oxygen atoms in total. The monoisotopic (exact) mass is 249 g/mol. The van der Waals surface area contributed by atoms with Gasteiger partial charge in [0, 0.05) is 12.3 Å². The van der Waals surface area contributed by atoms with E-state index < -0.39 is 0 Å². The summed E-state index contributed by atoms with van der Waals surface area (Å²) in [5.74, 6) is 1.66. The van der Waals surface area contributed by atoms with Crippen molar-refractivity contribution in [2.24, 2.45) is 5.92 Å². The number of ether oxygens (including phenoxy) is 1. The summed E-state index contributed by atoms with van der Waals surface area (Å²) in [6.07, 6.45) is 10.0. The van der Waals surface area contributed by atoms with Crippen molar-refractivity contribution in [3.05, 3.63) is 23.9 Å². The number of nitrogens with zero attached hydrogens (tertiary/aromatic N) is 1. The number of pyridine rings is 1. The maximum absolute atomic E-state index is 5.68. The lowest BCUT2D eigenvalue weighted by atomic mass is 9.87. The first-order valence-corrected chi connectivity index (χ1v) is 7.40. The predicted octanol–water partition coefficient (Wildman–Crippen LogP) is 4.77. The van der Waals surface area contributed by atoms with Gasteiger partial charge >= 0.3 is 0 Å². The molecular formula is C16H27NO. The summed E-state index contributed by atoms with van der Waals surface area (Å²) < 4.78 is 5.68. The van der Waals surface area contributed by atoms with E-state index in [1.54, 1.807) is 0 Å². The van der Waals surface area contributed by atoms with Crippen molar-refractivity contribution in [1.82, 2.24) is 4.98 Å². The third-order valence-corrected chi connectivity index (χ3v) is 3.39. The molecule has 102 valence electrons. The van der Waals surface area contributed by atoms with E-state index in [-0.39, 0.29) is 0 Å². The van der Waals surface area contributed by atoms with Gasteiger partial charge in [0.25, 0.3) is 0 Å². The second kappa shape index (κ2) is 8.96. The number of aryl methyl sites for hydroxylation is 1. The van der Waals surface area contributed by atoms with Crippen LogP contribution in [-0.4, -0.2) is 11.6 Å². The van der Waals surface area contributed by atoms with Gasteiger partial charge in [0.05, 0.1) is 6.61 Å². The van der Waals surface area contributed by atoms with Gasteiger partial charge in [0.1, 0.15) is 0 Å². The first-order valence-electron chi connectivity index (χ1n) is 7.40. The second-order valence-corrected chi connectivity index (χ2v) is 4.81. The van der Waals surface area contributed by atoms with Gasteiger partial charge in [-0.2, -0.15) is 0 Å². The zero-order valence-electron chi connectivity index (χ0n) is 12.1. The Morgan fingerprint density at radius 2 is 1.94 bits per heavy atom. The van der Waals surface area contributed by atoms with Crippen LogP contribution in [0.4, 0.5) is 0 Å². The Morgan fingerprint density at radius 3 is 2.61 bits per heavy atom. The SMILES string of the molecule is CC.Cc1ccnc(OCCC2CCCCC2)c1. The van der Waals surface area contributed by atoms with Crippen LogP contribution < -0.4 is 4.74 Å².